The first-order chi connectivity index (χ1) is 7.95. The number of hydrogen-bond acceptors (Lipinski definition) is 3. The van der Waals surface area contributed by atoms with Crippen LogP contribution in [0, 0.1) is 0 Å². The van der Waals surface area contributed by atoms with E-state index in [1.54, 1.807) is 0 Å². The zero-order valence-corrected chi connectivity index (χ0v) is 11.4. The number of nitrogens with zero attached hydrogens (tertiary/aromatic N) is 1. The Morgan fingerprint density at radius 1 is 1.32 bits per heavy atom. The van der Waals surface area contributed by atoms with Gasteiger partial charge < -0.3 is 11.1 Å². The van der Waals surface area contributed by atoms with Crippen molar-refractivity contribution in [2.45, 2.75) is 12.6 Å². The van der Waals surface area contributed by atoms with Crippen molar-refractivity contribution in [3.63, 3.8) is 0 Å². The first-order valence-electron chi connectivity index (χ1n) is 4.96. The molecule has 1 heterocycles. The SMILES string of the molecule is Cl.Cl.NCCCNC(=O)c1ccc(C(F)(F)F)nc1. The van der Waals surface area contributed by atoms with Gasteiger partial charge in [0, 0.05) is 12.7 Å². The maximum absolute atomic E-state index is 12.2. The lowest BCUT2D eigenvalue weighted by Gasteiger charge is -2.07. The smallest absolute Gasteiger partial charge is 0.352 e. The molecule has 3 N–H and O–H groups in total. The van der Waals surface area contributed by atoms with Gasteiger partial charge in [0.15, 0.2) is 0 Å². The van der Waals surface area contributed by atoms with Gasteiger partial charge in [0.2, 0.25) is 0 Å². The summed E-state index contributed by atoms with van der Waals surface area (Å²) in [5, 5.41) is 2.52. The van der Waals surface area contributed by atoms with E-state index in [0.29, 0.717) is 19.5 Å². The number of halogens is 5. The molecule has 0 aliphatic heterocycles. The molecular weight excluding hydrogens is 306 g/mol. The first-order valence-corrected chi connectivity index (χ1v) is 4.96. The van der Waals surface area contributed by atoms with Crippen LogP contribution in [0.1, 0.15) is 22.5 Å². The van der Waals surface area contributed by atoms with Crippen molar-refractivity contribution in [2.75, 3.05) is 13.1 Å². The molecule has 0 atom stereocenters. The summed E-state index contributed by atoms with van der Waals surface area (Å²) in [7, 11) is 0. The fraction of sp³-hybridized carbons (Fsp3) is 0.400. The number of amides is 1. The molecule has 110 valence electrons. The first kappa shape index (κ1) is 20.3. The molecule has 0 fully saturated rings. The summed E-state index contributed by atoms with van der Waals surface area (Å²) in [6, 6.07) is 1.87. The Balaban J connectivity index is 0. The van der Waals surface area contributed by atoms with Crippen LogP contribution >= 0.6 is 24.8 Å². The second-order valence-corrected chi connectivity index (χ2v) is 3.33. The molecule has 19 heavy (non-hydrogen) atoms. The van der Waals surface area contributed by atoms with Gasteiger partial charge in [-0.2, -0.15) is 13.2 Å². The number of alkyl halides is 3. The zero-order chi connectivity index (χ0) is 12.9. The number of rotatable bonds is 4. The van der Waals surface area contributed by atoms with E-state index in [1.165, 1.54) is 0 Å². The lowest BCUT2D eigenvalue weighted by Crippen LogP contribution is -2.26. The third-order valence-corrected chi connectivity index (χ3v) is 1.98. The maximum atomic E-state index is 12.2. The van der Waals surface area contributed by atoms with E-state index in [0.717, 1.165) is 18.3 Å². The molecule has 0 saturated carbocycles. The van der Waals surface area contributed by atoms with Gasteiger partial charge in [-0.3, -0.25) is 9.78 Å². The van der Waals surface area contributed by atoms with Crippen molar-refractivity contribution in [3.8, 4) is 0 Å². The highest BCUT2D eigenvalue weighted by molar-refractivity contribution is 5.93. The Labute approximate surface area is 120 Å². The highest BCUT2D eigenvalue weighted by atomic mass is 35.5. The summed E-state index contributed by atoms with van der Waals surface area (Å²) in [6.45, 7) is 0.821. The normalized spacial score (nSPS) is 10.1. The van der Waals surface area contributed by atoms with Gasteiger partial charge in [0.1, 0.15) is 5.69 Å². The lowest BCUT2D eigenvalue weighted by atomic mass is 10.2. The second kappa shape index (κ2) is 8.95. The van der Waals surface area contributed by atoms with E-state index >= 15 is 0 Å². The summed E-state index contributed by atoms with van der Waals surface area (Å²) in [6.07, 6.45) is -2.98. The molecule has 0 bridgehead atoms. The number of carbonyl (C=O) groups is 1. The van der Waals surface area contributed by atoms with Crippen LogP contribution in [0.25, 0.3) is 0 Å². The molecule has 0 unspecified atom stereocenters. The van der Waals surface area contributed by atoms with Crippen molar-refractivity contribution in [2.24, 2.45) is 5.73 Å². The average molecular weight is 320 g/mol. The van der Waals surface area contributed by atoms with E-state index < -0.39 is 17.8 Å². The van der Waals surface area contributed by atoms with E-state index in [1.807, 2.05) is 0 Å². The molecule has 0 aromatic carbocycles. The molecule has 1 amide bonds. The summed E-state index contributed by atoms with van der Waals surface area (Å²) >= 11 is 0. The quantitative estimate of drug-likeness (QED) is 0.834. The van der Waals surface area contributed by atoms with Gasteiger partial charge in [-0.1, -0.05) is 0 Å². The average Bonchev–Trinajstić information content (AvgIpc) is 2.28. The Bertz CT molecular complexity index is 385. The summed E-state index contributed by atoms with van der Waals surface area (Å²) in [5.41, 5.74) is 4.31. The third-order valence-electron chi connectivity index (χ3n) is 1.98. The highest BCUT2D eigenvalue weighted by Gasteiger charge is 2.32. The number of nitrogens with two attached hydrogens (primary N) is 1. The van der Waals surface area contributed by atoms with Crippen molar-refractivity contribution in [1.29, 1.82) is 0 Å². The van der Waals surface area contributed by atoms with E-state index in [-0.39, 0.29) is 30.4 Å². The maximum Gasteiger partial charge on any atom is 0.433 e. The largest absolute Gasteiger partial charge is 0.433 e. The number of pyridine rings is 1. The number of carbonyl (C=O) groups excluding carboxylic acids is 1. The minimum absolute atomic E-state index is 0. The van der Waals surface area contributed by atoms with Crippen LogP contribution < -0.4 is 11.1 Å². The number of aromatic nitrogens is 1. The van der Waals surface area contributed by atoms with Crippen LogP contribution in [-0.4, -0.2) is 24.0 Å². The molecule has 0 aliphatic rings. The molecule has 1 rings (SSSR count). The molecule has 0 aliphatic carbocycles. The van der Waals surface area contributed by atoms with Crippen LogP contribution in [0.5, 0.6) is 0 Å². The molecule has 9 heteroatoms. The van der Waals surface area contributed by atoms with Gasteiger partial charge in [-0.05, 0) is 25.1 Å². The third kappa shape index (κ3) is 6.60. The predicted molar refractivity (Wildman–Crippen MR) is 69.7 cm³/mol. The summed E-state index contributed by atoms with van der Waals surface area (Å²) in [5.74, 6) is -0.459. The zero-order valence-electron chi connectivity index (χ0n) is 9.74. The molecule has 0 radical (unpaired) electrons. The fourth-order valence-corrected chi connectivity index (χ4v) is 1.10. The van der Waals surface area contributed by atoms with Gasteiger partial charge in [0.25, 0.3) is 5.91 Å². The molecular formula is C10H14Cl2F3N3O. The van der Waals surface area contributed by atoms with Crippen LogP contribution in [0.4, 0.5) is 13.2 Å². The Morgan fingerprint density at radius 3 is 2.37 bits per heavy atom. The minimum atomic E-state index is -4.49. The fourth-order valence-electron chi connectivity index (χ4n) is 1.10. The van der Waals surface area contributed by atoms with Crippen LogP contribution in [0.3, 0.4) is 0 Å². The molecule has 1 aromatic rings. The van der Waals surface area contributed by atoms with Crippen molar-refractivity contribution >= 4 is 30.7 Å². The van der Waals surface area contributed by atoms with Gasteiger partial charge in [-0.25, -0.2) is 0 Å². The Kier molecular flexibility index (Phi) is 9.55. The number of nitrogens with one attached hydrogen (secondary N) is 1. The monoisotopic (exact) mass is 319 g/mol. The van der Waals surface area contributed by atoms with Gasteiger partial charge in [0.05, 0.1) is 5.56 Å². The van der Waals surface area contributed by atoms with Crippen LogP contribution in [-0.2, 0) is 6.18 Å². The van der Waals surface area contributed by atoms with Gasteiger partial charge in [-0.15, -0.1) is 24.8 Å². The van der Waals surface area contributed by atoms with Crippen LogP contribution in [0.15, 0.2) is 18.3 Å². The standard InChI is InChI=1S/C10H12F3N3O.2ClH/c11-10(12,13)8-3-2-7(6-16-8)9(17)15-5-1-4-14;;/h2-3,6H,1,4-5,14H2,(H,15,17);2*1H. The molecule has 0 saturated heterocycles. The molecule has 0 spiro atoms. The lowest BCUT2D eigenvalue weighted by molar-refractivity contribution is -0.141. The van der Waals surface area contributed by atoms with Crippen molar-refractivity contribution < 1.29 is 18.0 Å². The topological polar surface area (TPSA) is 68.0 Å². The second-order valence-electron chi connectivity index (χ2n) is 3.33. The minimum Gasteiger partial charge on any atom is -0.352 e. The predicted octanol–water partition coefficient (Wildman–Crippen LogP) is 2.02. The van der Waals surface area contributed by atoms with E-state index in [2.05, 4.69) is 10.3 Å². The highest BCUT2D eigenvalue weighted by Crippen LogP contribution is 2.27. The Morgan fingerprint density at radius 2 is 1.95 bits per heavy atom. The summed E-state index contributed by atoms with van der Waals surface area (Å²) < 4.78 is 36.6. The van der Waals surface area contributed by atoms with Gasteiger partial charge >= 0.3 is 6.18 Å². The van der Waals surface area contributed by atoms with Crippen LogP contribution in [0.2, 0.25) is 0 Å². The van der Waals surface area contributed by atoms with E-state index in [9.17, 15) is 18.0 Å². The number of hydrogen-bond donors (Lipinski definition) is 2. The summed E-state index contributed by atoms with van der Waals surface area (Å²) in [4.78, 5) is 14.6. The molecule has 4 nitrogen and oxygen atoms in total. The molecule has 1 aromatic heterocycles. The van der Waals surface area contributed by atoms with Crippen molar-refractivity contribution in [3.05, 3.63) is 29.6 Å². The van der Waals surface area contributed by atoms with E-state index in [4.69, 9.17) is 5.73 Å². The Hall–Kier alpha value is -1.05. The van der Waals surface area contributed by atoms with Crippen molar-refractivity contribution in [1.82, 2.24) is 10.3 Å².